The fraction of sp³-hybridized carbons (Fsp3) is 0.333. The molecule has 2 amide bonds. The van der Waals surface area contributed by atoms with E-state index < -0.39 is 0 Å². The SMILES string of the molecule is CN(CC=CC(=O)N1CCCC(n2nc(-c3ccc(C(=O)Nc4ccccn4)cc3)c3c(N)ncnc32)C1)C1CC1. The fourth-order valence-electron chi connectivity index (χ4n) is 5.30. The molecule has 0 radical (unpaired) electrons. The Labute approximate surface area is 238 Å². The summed E-state index contributed by atoms with van der Waals surface area (Å²) in [5, 5.41) is 8.40. The normalized spacial score (nSPS) is 17.4. The van der Waals surface area contributed by atoms with Crippen LogP contribution in [0.3, 0.4) is 0 Å². The van der Waals surface area contributed by atoms with E-state index in [1.807, 2.05) is 33.9 Å². The molecule has 1 saturated carbocycles. The summed E-state index contributed by atoms with van der Waals surface area (Å²) < 4.78 is 1.88. The largest absolute Gasteiger partial charge is 0.383 e. The van der Waals surface area contributed by atoms with Gasteiger partial charge >= 0.3 is 0 Å². The average molecular weight is 552 g/mol. The van der Waals surface area contributed by atoms with Crippen molar-refractivity contribution in [2.45, 2.75) is 37.8 Å². The van der Waals surface area contributed by atoms with Crippen LogP contribution in [-0.4, -0.2) is 79.1 Å². The highest BCUT2D eigenvalue weighted by atomic mass is 16.2. The maximum atomic E-state index is 13.0. The number of nitrogens with two attached hydrogens (primary N) is 1. The van der Waals surface area contributed by atoms with Gasteiger partial charge in [-0.3, -0.25) is 14.5 Å². The molecule has 1 atom stereocenters. The molecule has 1 unspecified atom stereocenters. The summed E-state index contributed by atoms with van der Waals surface area (Å²) in [5.41, 5.74) is 8.88. The quantitative estimate of drug-likeness (QED) is 0.318. The summed E-state index contributed by atoms with van der Waals surface area (Å²) in [4.78, 5) is 42.8. The van der Waals surface area contributed by atoms with Crippen LogP contribution in [0.4, 0.5) is 11.6 Å². The molecule has 11 heteroatoms. The molecule has 1 aromatic carbocycles. The van der Waals surface area contributed by atoms with Gasteiger partial charge in [0.1, 0.15) is 23.7 Å². The lowest BCUT2D eigenvalue weighted by molar-refractivity contribution is -0.127. The predicted molar refractivity (Wildman–Crippen MR) is 157 cm³/mol. The first kappa shape index (κ1) is 26.6. The first-order valence-corrected chi connectivity index (χ1v) is 13.9. The van der Waals surface area contributed by atoms with E-state index in [0.717, 1.165) is 24.9 Å². The maximum Gasteiger partial charge on any atom is 0.256 e. The summed E-state index contributed by atoms with van der Waals surface area (Å²) >= 11 is 0. The summed E-state index contributed by atoms with van der Waals surface area (Å²) in [6, 6.07) is 13.1. The topological polar surface area (TPSA) is 135 Å². The van der Waals surface area contributed by atoms with Crippen molar-refractivity contribution in [3.8, 4) is 11.3 Å². The van der Waals surface area contributed by atoms with Crippen LogP contribution in [0.1, 0.15) is 42.1 Å². The number of nitrogen functional groups attached to an aromatic ring is 1. The first-order chi connectivity index (χ1) is 20.0. The second-order valence-corrected chi connectivity index (χ2v) is 10.7. The lowest BCUT2D eigenvalue weighted by atomic mass is 10.1. The Morgan fingerprint density at radius 3 is 2.68 bits per heavy atom. The number of pyridine rings is 1. The summed E-state index contributed by atoms with van der Waals surface area (Å²) in [7, 11) is 2.10. The molecule has 6 rings (SSSR count). The van der Waals surface area contributed by atoms with Crippen molar-refractivity contribution in [1.82, 2.24) is 34.5 Å². The third-order valence-corrected chi connectivity index (χ3v) is 7.72. The van der Waals surface area contributed by atoms with Crippen LogP contribution in [0.5, 0.6) is 0 Å². The Kier molecular flexibility index (Phi) is 7.43. The van der Waals surface area contributed by atoms with Gasteiger partial charge in [-0.25, -0.2) is 19.6 Å². The Morgan fingerprint density at radius 1 is 1.10 bits per heavy atom. The standard InChI is InChI=1S/C30H33N9O2/c1-37(22-13-14-22)16-5-8-25(40)38-17-4-6-23(18-38)39-29-26(28(31)33-19-34-29)27(36-39)20-9-11-21(12-10-20)30(41)35-24-7-2-3-15-32-24/h2-3,5,7-12,15,19,22-23H,4,6,13-14,16-18H2,1H3,(H2,31,33,34)(H,32,35,41). The second-order valence-electron chi connectivity index (χ2n) is 10.7. The van der Waals surface area contributed by atoms with Crippen LogP contribution in [0.2, 0.25) is 0 Å². The van der Waals surface area contributed by atoms with E-state index in [-0.39, 0.29) is 17.9 Å². The summed E-state index contributed by atoms with van der Waals surface area (Å²) in [5.74, 6) is 0.579. The number of nitrogens with one attached hydrogen (secondary N) is 1. The molecule has 3 aromatic heterocycles. The van der Waals surface area contributed by atoms with Gasteiger partial charge in [-0.1, -0.05) is 24.3 Å². The maximum absolute atomic E-state index is 13.0. The van der Waals surface area contributed by atoms with Gasteiger partial charge in [-0.2, -0.15) is 5.10 Å². The van der Waals surface area contributed by atoms with E-state index >= 15 is 0 Å². The van der Waals surface area contributed by atoms with Gasteiger partial charge in [0.05, 0.1) is 11.4 Å². The Balaban J connectivity index is 1.22. The molecule has 4 aromatic rings. The smallest absolute Gasteiger partial charge is 0.256 e. The van der Waals surface area contributed by atoms with Crippen molar-refractivity contribution in [2.75, 3.05) is 37.7 Å². The number of likely N-dealkylation sites (tertiary alicyclic amines) is 1. The highest BCUT2D eigenvalue weighted by Crippen LogP contribution is 2.34. The number of hydrogen-bond donors (Lipinski definition) is 2. The van der Waals surface area contributed by atoms with E-state index in [2.05, 4.69) is 32.2 Å². The second kappa shape index (κ2) is 11.5. The third-order valence-electron chi connectivity index (χ3n) is 7.72. The molecule has 3 N–H and O–H groups in total. The van der Waals surface area contributed by atoms with Crippen LogP contribution >= 0.6 is 0 Å². The molecule has 210 valence electrons. The van der Waals surface area contributed by atoms with Crippen molar-refractivity contribution < 1.29 is 9.59 Å². The molecule has 2 fully saturated rings. The molecule has 11 nitrogen and oxygen atoms in total. The molecule has 0 bridgehead atoms. The van der Waals surface area contributed by atoms with Gasteiger partial charge in [0, 0.05) is 49.1 Å². The van der Waals surface area contributed by atoms with Gasteiger partial charge in [0.2, 0.25) is 5.91 Å². The van der Waals surface area contributed by atoms with Crippen molar-refractivity contribution in [2.24, 2.45) is 0 Å². The molecule has 0 spiro atoms. The number of likely N-dealkylation sites (N-methyl/N-ethyl adjacent to an activating group) is 1. The number of hydrogen-bond acceptors (Lipinski definition) is 8. The Bertz CT molecular complexity index is 1580. The van der Waals surface area contributed by atoms with Crippen LogP contribution in [0, 0.1) is 0 Å². The third kappa shape index (κ3) is 5.80. The summed E-state index contributed by atoms with van der Waals surface area (Å²) in [6.07, 6.45) is 10.9. The number of aromatic nitrogens is 5. The number of carbonyl (C=O) groups is 2. The molecule has 1 saturated heterocycles. The number of piperidine rings is 1. The zero-order chi connectivity index (χ0) is 28.3. The molecule has 41 heavy (non-hydrogen) atoms. The van der Waals surface area contributed by atoms with Gasteiger partial charge in [-0.05, 0) is 57.0 Å². The predicted octanol–water partition coefficient (Wildman–Crippen LogP) is 3.54. The van der Waals surface area contributed by atoms with E-state index in [1.54, 1.807) is 36.5 Å². The minimum atomic E-state index is -0.256. The minimum Gasteiger partial charge on any atom is -0.383 e. The van der Waals surface area contributed by atoms with Crippen molar-refractivity contribution >= 4 is 34.5 Å². The zero-order valence-electron chi connectivity index (χ0n) is 23.0. The lowest BCUT2D eigenvalue weighted by Gasteiger charge is -2.32. The highest BCUT2D eigenvalue weighted by Gasteiger charge is 2.29. The van der Waals surface area contributed by atoms with Crippen molar-refractivity contribution in [1.29, 1.82) is 0 Å². The van der Waals surface area contributed by atoms with Gasteiger partial charge in [0.15, 0.2) is 5.65 Å². The molecular weight excluding hydrogens is 518 g/mol. The fourth-order valence-corrected chi connectivity index (χ4v) is 5.30. The van der Waals surface area contributed by atoms with Crippen LogP contribution in [0.15, 0.2) is 67.1 Å². The number of anilines is 2. The first-order valence-electron chi connectivity index (χ1n) is 13.9. The van der Waals surface area contributed by atoms with Crippen LogP contribution < -0.4 is 11.1 Å². The number of benzene rings is 1. The van der Waals surface area contributed by atoms with Gasteiger partial charge in [0.25, 0.3) is 5.91 Å². The number of rotatable bonds is 8. The molecular formula is C30H33N9O2. The number of amides is 2. The molecule has 1 aliphatic carbocycles. The average Bonchev–Trinajstić information content (AvgIpc) is 3.78. The van der Waals surface area contributed by atoms with Gasteiger partial charge < -0.3 is 16.0 Å². The van der Waals surface area contributed by atoms with E-state index in [4.69, 9.17) is 10.8 Å². The number of carbonyl (C=O) groups excluding carboxylic acids is 2. The Hall–Kier alpha value is -4.64. The monoisotopic (exact) mass is 551 g/mol. The van der Waals surface area contributed by atoms with Crippen LogP contribution in [0.25, 0.3) is 22.3 Å². The highest BCUT2D eigenvalue weighted by molar-refractivity contribution is 6.04. The molecule has 1 aliphatic heterocycles. The molecule has 2 aliphatic rings. The minimum absolute atomic E-state index is 0.0179. The Morgan fingerprint density at radius 2 is 1.93 bits per heavy atom. The number of fused-ring (bicyclic) bond motifs is 1. The van der Waals surface area contributed by atoms with E-state index in [1.165, 1.54) is 19.2 Å². The van der Waals surface area contributed by atoms with Crippen molar-refractivity contribution in [3.05, 3.63) is 72.7 Å². The molecule has 4 heterocycles. The van der Waals surface area contributed by atoms with Crippen LogP contribution in [-0.2, 0) is 4.79 Å². The van der Waals surface area contributed by atoms with Crippen molar-refractivity contribution in [3.63, 3.8) is 0 Å². The zero-order valence-corrected chi connectivity index (χ0v) is 23.0. The lowest BCUT2D eigenvalue weighted by Crippen LogP contribution is -2.40. The number of nitrogens with zero attached hydrogens (tertiary/aromatic N) is 7. The summed E-state index contributed by atoms with van der Waals surface area (Å²) in [6.45, 7) is 2.03. The van der Waals surface area contributed by atoms with Gasteiger partial charge in [-0.15, -0.1) is 0 Å². The van der Waals surface area contributed by atoms with E-state index in [0.29, 0.717) is 53.1 Å². The van der Waals surface area contributed by atoms with E-state index in [9.17, 15) is 9.59 Å².